The average Bonchev–Trinajstić information content (AvgIpc) is 3.22. The van der Waals surface area contributed by atoms with Crippen molar-refractivity contribution < 1.29 is 9.53 Å². The third-order valence-electron chi connectivity index (χ3n) is 3.61. The van der Waals surface area contributed by atoms with Gasteiger partial charge in [-0.05, 0) is 31.9 Å². The molecule has 20 heavy (non-hydrogen) atoms. The number of carbonyl (C=O) groups is 1. The second kappa shape index (κ2) is 5.15. The van der Waals surface area contributed by atoms with Crippen LogP contribution >= 0.6 is 0 Å². The van der Waals surface area contributed by atoms with E-state index in [9.17, 15) is 4.79 Å². The lowest BCUT2D eigenvalue weighted by Gasteiger charge is -2.22. The molecule has 2 aromatic rings. The molecule has 1 heterocycles. The molecule has 1 fully saturated rings. The Morgan fingerprint density at radius 1 is 1.45 bits per heavy atom. The van der Waals surface area contributed by atoms with E-state index >= 15 is 0 Å². The third-order valence-corrected chi connectivity index (χ3v) is 3.61. The number of hydrogen-bond acceptors (Lipinski definition) is 4. The molecule has 0 unspecified atom stereocenters. The zero-order valence-corrected chi connectivity index (χ0v) is 11.9. The van der Waals surface area contributed by atoms with E-state index < -0.39 is 0 Å². The smallest absolute Gasteiger partial charge is 0.325 e. The molecule has 0 saturated heterocycles. The van der Waals surface area contributed by atoms with E-state index in [1.807, 2.05) is 42.8 Å². The molecule has 1 saturated carbocycles. The van der Waals surface area contributed by atoms with Crippen LogP contribution in [0.3, 0.4) is 0 Å². The number of imidazole rings is 1. The molecule has 0 radical (unpaired) electrons. The summed E-state index contributed by atoms with van der Waals surface area (Å²) in [6.07, 6.45) is 2.23. The predicted molar refractivity (Wildman–Crippen MR) is 77.7 cm³/mol. The van der Waals surface area contributed by atoms with Gasteiger partial charge in [-0.15, -0.1) is 0 Å². The topological polar surface area (TPSA) is 47.4 Å². The first-order valence-electron chi connectivity index (χ1n) is 7.04. The second-order valence-corrected chi connectivity index (χ2v) is 5.12. The van der Waals surface area contributed by atoms with Crippen LogP contribution in [0.25, 0.3) is 11.0 Å². The first-order chi connectivity index (χ1) is 9.70. The zero-order chi connectivity index (χ0) is 14.1. The van der Waals surface area contributed by atoms with E-state index in [4.69, 9.17) is 4.74 Å². The Hall–Kier alpha value is -2.04. The van der Waals surface area contributed by atoms with Crippen molar-refractivity contribution in [1.29, 1.82) is 0 Å². The summed E-state index contributed by atoms with van der Waals surface area (Å²) in [5.74, 6) is 0.660. The molecule has 3 rings (SSSR count). The van der Waals surface area contributed by atoms with E-state index in [0.717, 1.165) is 29.8 Å². The van der Waals surface area contributed by atoms with Crippen LogP contribution in [0.4, 0.5) is 5.95 Å². The summed E-state index contributed by atoms with van der Waals surface area (Å²) in [6, 6.07) is 8.43. The molecule has 5 nitrogen and oxygen atoms in total. The molecule has 1 aromatic heterocycles. The van der Waals surface area contributed by atoms with Crippen molar-refractivity contribution in [2.24, 2.45) is 7.05 Å². The highest BCUT2D eigenvalue weighted by molar-refractivity contribution is 5.81. The molecule has 5 heteroatoms. The fourth-order valence-corrected chi connectivity index (χ4v) is 2.48. The summed E-state index contributed by atoms with van der Waals surface area (Å²) in [5, 5.41) is 0. The number of para-hydroxylation sites is 2. The minimum Gasteiger partial charge on any atom is -0.465 e. The standard InChI is InChI=1S/C15H19N3O2/c1-3-20-14(19)10-18(11-8-9-11)15-16-12-6-4-5-7-13(12)17(15)2/h4-7,11H,3,8-10H2,1-2H3. The average molecular weight is 273 g/mol. The van der Waals surface area contributed by atoms with Crippen LogP contribution in [0.5, 0.6) is 0 Å². The van der Waals surface area contributed by atoms with Crippen molar-refractivity contribution in [3.05, 3.63) is 24.3 Å². The Labute approximate surface area is 118 Å². The highest BCUT2D eigenvalue weighted by Crippen LogP contribution is 2.32. The van der Waals surface area contributed by atoms with Crippen LogP contribution in [0.15, 0.2) is 24.3 Å². The lowest BCUT2D eigenvalue weighted by Crippen LogP contribution is -2.34. The van der Waals surface area contributed by atoms with Gasteiger partial charge in [-0.25, -0.2) is 4.98 Å². The van der Waals surface area contributed by atoms with Gasteiger partial charge in [0.05, 0.1) is 17.6 Å². The van der Waals surface area contributed by atoms with Gasteiger partial charge in [0.1, 0.15) is 6.54 Å². The van der Waals surface area contributed by atoms with Gasteiger partial charge >= 0.3 is 5.97 Å². The summed E-state index contributed by atoms with van der Waals surface area (Å²) in [6.45, 7) is 2.52. The number of aromatic nitrogens is 2. The van der Waals surface area contributed by atoms with Crippen molar-refractivity contribution in [3.63, 3.8) is 0 Å². The van der Waals surface area contributed by atoms with E-state index in [0.29, 0.717) is 12.6 Å². The van der Waals surface area contributed by atoms with Crippen LogP contribution in [0, 0.1) is 0 Å². The fourth-order valence-electron chi connectivity index (χ4n) is 2.48. The number of hydrogen-bond donors (Lipinski definition) is 0. The molecule has 1 aliphatic carbocycles. The Morgan fingerprint density at radius 3 is 2.85 bits per heavy atom. The number of ether oxygens (including phenoxy) is 1. The van der Waals surface area contributed by atoms with E-state index in [-0.39, 0.29) is 12.5 Å². The lowest BCUT2D eigenvalue weighted by atomic mass is 10.3. The summed E-state index contributed by atoms with van der Waals surface area (Å²) < 4.78 is 7.12. The van der Waals surface area contributed by atoms with Crippen molar-refractivity contribution in [3.8, 4) is 0 Å². The number of rotatable bonds is 5. The maximum Gasteiger partial charge on any atom is 0.325 e. The Morgan fingerprint density at radius 2 is 2.20 bits per heavy atom. The molecule has 0 atom stereocenters. The molecule has 0 N–H and O–H groups in total. The fraction of sp³-hybridized carbons (Fsp3) is 0.467. The first kappa shape index (κ1) is 13.0. The maximum atomic E-state index is 11.8. The van der Waals surface area contributed by atoms with Gasteiger partial charge < -0.3 is 14.2 Å². The monoisotopic (exact) mass is 273 g/mol. The van der Waals surface area contributed by atoms with Crippen LogP contribution in [0.1, 0.15) is 19.8 Å². The summed E-state index contributed by atoms with van der Waals surface area (Å²) in [5.41, 5.74) is 2.04. The number of aryl methyl sites for hydroxylation is 1. The number of nitrogens with zero attached hydrogens (tertiary/aromatic N) is 3. The summed E-state index contributed by atoms with van der Waals surface area (Å²) in [4.78, 5) is 18.5. The van der Waals surface area contributed by atoms with Crippen LogP contribution < -0.4 is 4.90 Å². The van der Waals surface area contributed by atoms with Gasteiger partial charge in [-0.2, -0.15) is 0 Å². The zero-order valence-electron chi connectivity index (χ0n) is 11.9. The van der Waals surface area contributed by atoms with Gasteiger partial charge in [0.15, 0.2) is 0 Å². The molecule has 1 aliphatic rings. The van der Waals surface area contributed by atoms with E-state index in [2.05, 4.69) is 9.88 Å². The van der Waals surface area contributed by atoms with Crippen molar-refractivity contribution in [1.82, 2.24) is 9.55 Å². The molecule has 0 spiro atoms. The van der Waals surface area contributed by atoms with Crippen molar-refractivity contribution >= 4 is 23.0 Å². The van der Waals surface area contributed by atoms with Gasteiger partial charge in [-0.3, -0.25) is 4.79 Å². The van der Waals surface area contributed by atoms with Crippen LogP contribution in [-0.4, -0.2) is 34.7 Å². The predicted octanol–water partition coefficient (Wildman–Crippen LogP) is 2.11. The second-order valence-electron chi connectivity index (χ2n) is 5.12. The SMILES string of the molecule is CCOC(=O)CN(c1nc2ccccc2n1C)C1CC1. The number of esters is 1. The molecule has 0 aliphatic heterocycles. The molecule has 106 valence electrons. The summed E-state index contributed by atoms with van der Waals surface area (Å²) in [7, 11) is 1.99. The largest absolute Gasteiger partial charge is 0.465 e. The number of benzene rings is 1. The Bertz CT molecular complexity index is 631. The molecule has 1 aromatic carbocycles. The first-order valence-corrected chi connectivity index (χ1v) is 7.04. The van der Waals surface area contributed by atoms with Gasteiger partial charge in [0, 0.05) is 13.1 Å². The normalized spacial score (nSPS) is 14.5. The van der Waals surface area contributed by atoms with E-state index in [1.54, 1.807) is 0 Å². The minimum absolute atomic E-state index is 0.188. The minimum atomic E-state index is -0.188. The van der Waals surface area contributed by atoms with Gasteiger partial charge in [0.25, 0.3) is 0 Å². The summed E-state index contributed by atoms with van der Waals surface area (Å²) >= 11 is 0. The van der Waals surface area contributed by atoms with Crippen molar-refractivity contribution in [2.45, 2.75) is 25.8 Å². The number of fused-ring (bicyclic) bond motifs is 1. The van der Waals surface area contributed by atoms with Gasteiger partial charge in [0.2, 0.25) is 5.95 Å². The number of anilines is 1. The quantitative estimate of drug-likeness (QED) is 0.783. The van der Waals surface area contributed by atoms with Crippen LogP contribution in [-0.2, 0) is 16.6 Å². The van der Waals surface area contributed by atoms with Crippen LogP contribution in [0.2, 0.25) is 0 Å². The molecule has 0 bridgehead atoms. The molecule has 0 amide bonds. The Kier molecular flexibility index (Phi) is 3.34. The highest BCUT2D eigenvalue weighted by atomic mass is 16.5. The lowest BCUT2D eigenvalue weighted by molar-refractivity contribution is -0.141. The third kappa shape index (κ3) is 2.35. The van der Waals surface area contributed by atoms with E-state index in [1.165, 1.54) is 0 Å². The maximum absolute atomic E-state index is 11.8. The Balaban J connectivity index is 1.93. The van der Waals surface area contributed by atoms with Crippen molar-refractivity contribution in [2.75, 3.05) is 18.1 Å². The molecular formula is C15H19N3O2. The number of carbonyl (C=O) groups excluding carboxylic acids is 1. The van der Waals surface area contributed by atoms with Gasteiger partial charge in [-0.1, -0.05) is 12.1 Å². The molecular weight excluding hydrogens is 254 g/mol. The highest BCUT2D eigenvalue weighted by Gasteiger charge is 2.33.